The molecule has 1 aromatic carbocycles. The maximum Gasteiger partial charge on any atom is 0.246 e. The summed E-state index contributed by atoms with van der Waals surface area (Å²) >= 11 is 12.1. The summed E-state index contributed by atoms with van der Waals surface area (Å²) < 4.78 is 0. The van der Waals surface area contributed by atoms with Gasteiger partial charge in [0.05, 0.1) is 12.6 Å². The molecule has 0 radical (unpaired) electrons. The Labute approximate surface area is 122 Å². The number of amides is 1. The van der Waals surface area contributed by atoms with Crippen molar-refractivity contribution in [2.45, 2.75) is 18.9 Å². The van der Waals surface area contributed by atoms with Crippen molar-refractivity contribution in [1.82, 2.24) is 4.90 Å². The highest BCUT2D eigenvalue weighted by Crippen LogP contribution is 2.26. The van der Waals surface area contributed by atoms with Gasteiger partial charge in [-0.15, -0.1) is 0 Å². The minimum Gasteiger partial charge on any atom is -0.394 e. The molecule has 1 saturated heterocycles. The number of likely N-dealkylation sites (tertiary alicyclic amines) is 1. The van der Waals surface area contributed by atoms with Gasteiger partial charge >= 0.3 is 0 Å². The average Bonchev–Trinajstić information content (AvgIpc) is 2.86. The lowest BCUT2D eigenvalue weighted by molar-refractivity contribution is -0.127. The van der Waals surface area contributed by atoms with E-state index < -0.39 is 0 Å². The molecule has 1 heterocycles. The van der Waals surface area contributed by atoms with E-state index in [0.717, 1.165) is 12.8 Å². The van der Waals surface area contributed by atoms with Crippen LogP contribution in [0.1, 0.15) is 18.4 Å². The van der Waals surface area contributed by atoms with Gasteiger partial charge in [-0.1, -0.05) is 29.3 Å². The number of aliphatic hydroxyl groups excluding tert-OH is 1. The van der Waals surface area contributed by atoms with Crippen molar-refractivity contribution in [2.24, 2.45) is 0 Å². The summed E-state index contributed by atoms with van der Waals surface area (Å²) in [7, 11) is 0. The zero-order valence-corrected chi connectivity index (χ0v) is 11.9. The smallest absolute Gasteiger partial charge is 0.246 e. The molecule has 1 aromatic rings. The molecule has 1 aliphatic heterocycles. The van der Waals surface area contributed by atoms with Crippen LogP contribution in [0, 0.1) is 0 Å². The van der Waals surface area contributed by atoms with Crippen LogP contribution in [-0.2, 0) is 4.79 Å². The molecule has 1 aliphatic rings. The fourth-order valence-electron chi connectivity index (χ4n) is 2.24. The number of nitrogens with zero attached hydrogens (tertiary/aromatic N) is 1. The number of hydrogen-bond donors (Lipinski definition) is 1. The van der Waals surface area contributed by atoms with E-state index in [9.17, 15) is 9.90 Å². The van der Waals surface area contributed by atoms with Gasteiger partial charge in [0.2, 0.25) is 5.91 Å². The van der Waals surface area contributed by atoms with E-state index >= 15 is 0 Å². The third-order valence-electron chi connectivity index (χ3n) is 3.26. The molecular formula is C14H15Cl2NO2. The number of benzene rings is 1. The highest BCUT2D eigenvalue weighted by Gasteiger charge is 2.26. The van der Waals surface area contributed by atoms with Gasteiger partial charge in [-0.3, -0.25) is 4.79 Å². The lowest BCUT2D eigenvalue weighted by Crippen LogP contribution is -2.36. The Morgan fingerprint density at radius 1 is 1.42 bits per heavy atom. The number of rotatable bonds is 3. The molecular weight excluding hydrogens is 285 g/mol. The Kier molecular flexibility index (Phi) is 4.86. The monoisotopic (exact) mass is 299 g/mol. The van der Waals surface area contributed by atoms with E-state index in [1.807, 2.05) is 0 Å². The van der Waals surface area contributed by atoms with Crippen molar-refractivity contribution >= 4 is 35.2 Å². The van der Waals surface area contributed by atoms with Crippen molar-refractivity contribution < 1.29 is 9.90 Å². The third-order valence-corrected chi connectivity index (χ3v) is 3.92. The van der Waals surface area contributed by atoms with E-state index in [4.69, 9.17) is 23.2 Å². The van der Waals surface area contributed by atoms with Crippen LogP contribution in [0.2, 0.25) is 10.0 Å². The van der Waals surface area contributed by atoms with Crippen LogP contribution in [0.5, 0.6) is 0 Å². The Balaban J connectivity index is 2.12. The fourth-order valence-corrected chi connectivity index (χ4v) is 2.76. The largest absolute Gasteiger partial charge is 0.394 e. The molecule has 0 saturated carbocycles. The van der Waals surface area contributed by atoms with Gasteiger partial charge in [0.1, 0.15) is 0 Å². The molecule has 0 aliphatic carbocycles. The Bertz CT molecular complexity index is 482. The third kappa shape index (κ3) is 3.30. The van der Waals surface area contributed by atoms with Crippen molar-refractivity contribution in [2.75, 3.05) is 13.2 Å². The van der Waals surface area contributed by atoms with Crippen molar-refractivity contribution in [3.05, 3.63) is 39.9 Å². The lowest BCUT2D eigenvalue weighted by Gasteiger charge is -2.21. The first-order chi connectivity index (χ1) is 9.13. The van der Waals surface area contributed by atoms with Gasteiger partial charge in [0.25, 0.3) is 0 Å². The molecule has 3 nitrogen and oxygen atoms in total. The molecule has 1 amide bonds. The second kappa shape index (κ2) is 6.42. The topological polar surface area (TPSA) is 40.5 Å². The van der Waals surface area contributed by atoms with Crippen LogP contribution in [-0.4, -0.2) is 35.1 Å². The Morgan fingerprint density at radius 2 is 2.11 bits per heavy atom. The summed E-state index contributed by atoms with van der Waals surface area (Å²) in [4.78, 5) is 13.7. The molecule has 1 fully saturated rings. The second-order valence-corrected chi connectivity index (χ2v) is 5.29. The number of hydrogen-bond acceptors (Lipinski definition) is 2. The van der Waals surface area contributed by atoms with Gasteiger partial charge in [-0.05, 0) is 31.1 Å². The molecule has 102 valence electrons. The maximum atomic E-state index is 12.1. The highest BCUT2D eigenvalue weighted by atomic mass is 35.5. The number of aliphatic hydroxyl groups is 1. The fraction of sp³-hybridized carbons (Fsp3) is 0.357. The SMILES string of the molecule is O=C(C=Cc1c(Cl)cccc1Cl)N1CCC[C@@H]1CO. The summed E-state index contributed by atoms with van der Waals surface area (Å²) in [5.74, 6) is -0.118. The highest BCUT2D eigenvalue weighted by molar-refractivity contribution is 6.37. The van der Waals surface area contributed by atoms with Gasteiger partial charge < -0.3 is 10.0 Å². The minimum atomic E-state index is -0.118. The Hall–Kier alpha value is -1.03. The Morgan fingerprint density at radius 3 is 2.74 bits per heavy atom. The number of carbonyl (C=O) groups is 1. The summed E-state index contributed by atoms with van der Waals surface area (Å²) in [5.41, 5.74) is 0.638. The van der Waals surface area contributed by atoms with Gasteiger partial charge in [-0.2, -0.15) is 0 Å². The molecule has 0 spiro atoms. The first kappa shape index (κ1) is 14.4. The van der Waals surface area contributed by atoms with Crippen molar-refractivity contribution in [3.63, 3.8) is 0 Å². The van der Waals surface area contributed by atoms with Crippen LogP contribution in [0.4, 0.5) is 0 Å². The molecule has 5 heteroatoms. The summed E-state index contributed by atoms with van der Waals surface area (Å²) in [5, 5.41) is 10.2. The summed E-state index contributed by atoms with van der Waals surface area (Å²) in [6, 6.07) is 5.14. The quantitative estimate of drug-likeness (QED) is 0.872. The predicted molar refractivity (Wildman–Crippen MR) is 77.3 cm³/mol. The van der Waals surface area contributed by atoms with Crippen molar-refractivity contribution in [3.8, 4) is 0 Å². The predicted octanol–water partition coefficient (Wildman–Crippen LogP) is 2.99. The molecule has 1 N–H and O–H groups in total. The lowest BCUT2D eigenvalue weighted by atomic mass is 10.2. The number of carbonyl (C=O) groups excluding carboxylic acids is 1. The van der Waals surface area contributed by atoms with E-state index in [1.54, 1.807) is 29.2 Å². The molecule has 2 rings (SSSR count). The van der Waals surface area contributed by atoms with Crippen LogP contribution >= 0.6 is 23.2 Å². The first-order valence-electron chi connectivity index (χ1n) is 6.17. The minimum absolute atomic E-state index is 0.00638. The zero-order chi connectivity index (χ0) is 13.8. The number of halogens is 2. The summed E-state index contributed by atoms with van der Waals surface area (Å²) in [6.45, 7) is 0.692. The van der Waals surface area contributed by atoms with Gasteiger partial charge in [0, 0.05) is 28.2 Å². The molecule has 0 unspecified atom stereocenters. The molecule has 0 aromatic heterocycles. The normalized spacial score (nSPS) is 19.3. The first-order valence-corrected chi connectivity index (χ1v) is 6.92. The van der Waals surface area contributed by atoms with Crippen LogP contribution in [0.15, 0.2) is 24.3 Å². The van der Waals surface area contributed by atoms with Crippen LogP contribution in [0.3, 0.4) is 0 Å². The average molecular weight is 300 g/mol. The molecule has 19 heavy (non-hydrogen) atoms. The standard InChI is InChI=1S/C14H15Cl2NO2/c15-12-4-1-5-13(16)11(12)6-7-14(19)17-8-2-3-10(17)9-18/h1,4-7,10,18H,2-3,8-9H2/t10-/m1/s1. The second-order valence-electron chi connectivity index (χ2n) is 4.48. The molecule has 0 bridgehead atoms. The van der Waals surface area contributed by atoms with Crippen LogP contribution in [0.25, 0.3) is 6.08 Å². The van der Waals surface area contributed by atoms with E-state index in [0.29, 0.717) is 22.2 Å². The van der Waals surface area contributed by atoms with E-state index in [1.165, 1.54) is 6.08 Å². The van der Waals surface area contributed by atoms with E-state index in [-0.39, 0.29) is 18.6 Å². The van der Waals surface area contributed by atoms with Gasteiger partial charge in [0.15, 0.2) is 0 Å². The van der Waals surface area contributed by atoms with Gasteiger partial charge in [-0.25, -0.2) is 0 Å². The van der Waals surface area contributed by atoms with Crippen LogP contribution < -0.4 is 0 Å². The molecule has 1 atom stereocenters. The zero-order valence-electron chi connectivity index (χ0n) is 10.4. The van der Waals surface area contributed by atoms with Crippen molar-refractivity contribution in [1.29, 1.82) is 0 Å². The maximum absolute atomic E-state index is 12.1. The summed E-state index contributed by atoms with van der Waals surface area (Å²) in [6.07, 6.45) is 4.86. The van der Waals surface area contributed by atoms with E-state index in [2.05, 4.69) is 0 Å².